The van der Waals surface area contributed by atoms with Gasteiger partial charge in [-0.2, -0.15) is 0 Å². The molecule has 152 valence electrons. The van der Waals surface area contributed by atoms with Crippen LogP contribution in [-0.4, -0.2) is 29.4 Å². The summed E-state index contributed by atoms with van der Waals surface area (Å²) in [5.41, 5.74) is 0. The van der Waals surface area contributed by atoms with E-state index in [9.17, 15) is 18.1 Å². The van der Waals surface area contributed by atoms with Crippen molar-refractivity contribution in [2.45, 2.75) is 128 Å². The monoisotopic (exact) mass is 416 g/mol. The first kappa shape index (κ1) is 29.7. The molecule has 0 radical (unpaired) electrons. The fourth-order valence-electron chi connectivity index (χ4n) is 3.29. The minimum Gasteiger partial charge on any atom is -0.748 e. The molecule has 0 amide bonds. The topological polar surface area (TPSA) is 77.4 Å². The number of aliphatic hydroxyl groups excluding tert-OH is 1. The van der Waals surface area contributed by atoms with Gasteiger partial charge in [-0.3, -0.25) is 0 Å². The van der Waals surface area contributed by atoms with Gasteiger partial charge in [-0.15, -0.1) is 0 Å². The Bertz CT molecular complexity index is 387. The summed E-state index contributed by atoms with van der Waals surface area (Å²) in [4.78, 5) is 0. The van der Waals surface area contributed by atoms with Crippen molar-refractivity contribution in [3.63, 3.8) is 0 Å². The van der Waals surface area contributed by atoms with Crippen molar-refractivity contribution < 1.29 is 69.5 Å². The van der Waals surface area contributed by atoms with Crippen LogP contribution in [0.4, 0.5) is 0 Å². The molecular formula is C20H41KO4S. The average molecular weight is 417 g/mol. The van der Waals surface area contributed by atoms with Crippen LogP contribution in [0.3, 0.4) is 0 Å². The molecular weight excluding hydrogens is 375 g/mol. The molecule has 0 aliphatic rings. The Morgan fingerprint density at radius 2 is 1.04 bits per heavy atom. The largest absolute Gasteiger partial charge is 1.00 e. The van der Waals surface area contributed by atoms with Gasteiger partial charge >= 0.3 is 51.4 Å². The molecule has 0 aliphatic carbocycles. The molecule has 2 unspecified atom stereocenters. The first-order valence-electron chi connectivity index (χ1n) is 10.5. The van der Waals surface area contributed by atoms with E-state index in [1.54, 1.807) is 0 Å². The summed E-state index contributed by atoms with van der Waals surface area (Å²) in [6, 6.07) is 0. The molecule has 0 aromatic heterocycles. The summed E-state index contributed by atoms with van der Waals surface area (Å²) in [6.07, 6.45) is 15.0. The van der Waals surface area contributed by atoms with E-state index in [1.165, 1.54) is 25.7 Å². The van der Waals surface area contributed by atoms with E-state index in [2.05, 4.69) is 13.8 Å². The van der Waals surface area contributed by atoms with Crippen LogP contribution in [0.2, 0.25) is 0 Å². The van der Waals surface area contributed by atoms with E-state index in [1.807, 2.05) is 0 Å². The quantitative estimate of drug-likeness (QED) is 0.212. The third-order valence-corrected chi connectivity index (χ3v) is 6.28. The van der Waals surface area contributed by atoms with Gasteiger partial charge in [-0.05, 0) is 25.7 Å². The molecule has 0 saturated heterocycles. The first-order chi connectivity index (χ1) is 11.9. The summed E-state index contributed by atoms with van der Waals surface area (Å²) < 4.78 is 34.2. The zero-order valence-electron chi connectivity index (χ0n) is 17.5. The third-order valence-electron chi connectivity index (χ3n) is 4.99. The minimum absolute atomic E-state index is 0. The predicted octanol–water partition coefficient (Wildman–Crippen LogP) is 2.55. The van der Waals surface area contributed by atoms with Crippen molar-refractivity contribution in [2.24, 2.45) is 0 Å². The number of hydrogen-bond acceptors (Lipinski definition) is 4. The fraction of sp³-hybridized carbons (Fsp3) is 1.00. The van der Waals surface area contributed by atoms with Crippen molar-refractivity contribution in [3.05, 3.63) is 0 Å². The molecule has 0 aromatic carbocycles. The van der Waals surface area contributed by atoms with Gasteiger partial charge in [0.2, 0.25) is 0 Å². The molecule has 0 heterocycles. The zero-order valence-corrected chi connectivity index (χ0v) is 21.5. The van der Waals surface area contributed by atoms with Gasteiger partial charge in [0.25, 0.3) is 0 Å². The normalized spacial score (nSPS) is 14.0. The second-order valence-electron chi connectivity index (χ2n) is 7.46. The summed E-state index contributed by atoms with van der Waals surface area (Å²) in [6.45, 7) is 4.32. The molecule has 26 heavy (non-hydrogen) atoms. The smallest absolute Gasteiger partial charge is 0.748 e. The van der Waals surface area contributed by atoms with Gasteiger partial charge in [0, 0.05) is 5.25 Å². The van der Waals surface area contributed by atoms with Crippen molar-refractivity contribution in [3.8, 4) is 0 Å². The van der Waals surface area contributed by atoms with Gasteiger partial charge in [-0.25, -0.2) is 8.42 Å². The SMILES string of the molecule is CCCCCCCC(CCCCCC(O)CCCCCC)S(=O)(=O)[O-].[K+]. The van der Waals surface area contributed by atoms with Crippen LogP contribution in [0.25, 0.3) is 0 Å². The fourth-order valence-corrected chi connectivity index (χ4v) is 4.20. The van der Waals surface area contributed by atoms with E-state index in [0.29, 0.717) is 12.8 Å². The van der Waals surface area contributed by atoms with E-state index in [0.717, 1.165) is 64.2 Å². The molecule has 6 heteroatoms. The van der Waals surface area contributed by atoms with E-state index in [4.69, 9.17) is 0 Å². The second-order valence-corrected chi connectivity index (χ2v) is 9.11. The van der Waals surface area contributed by atoms with Crippen LogP contribution in [0.15, 0.2) is 0 Å². The molecule has 0 saturated carbocycles. The molecule has 0 aromatic rings. The van der Waals surface area contributed by atoms with Gasteiger partial charge in [-0.1, -0.05) is 90.9 Å². The second kappa shape index (κ2) is 19.8. The molecule has 2 atom stereocenters. The van der Waals surface area contributed by atoms with Gasteiger partial charge in [0.1, 0.15) is 0 Å². The van der Waals surface area contributed by atoms with Gasteiger partial charge in [0.15, 0.2) is 0 Å². The predicted molar refractivity (Wildman–Crippen MR) is 105 cm³/mol. The maximum absolute atomic E-state index is 11.4. The van der Waals surface area contributed by atoms with Crippen LogP contribution in [-0.2, 0) is 10.1 Å². The van der Waals surface area contributed by atoms with Crippen molar-refractivity contribution in [1.82, 2.24) is 0 Å². The van der Waals surface area contributed by atoms with E-state index < -0.39 is 15.4 Å². The molecule has 4 nitrogen and oxygen atoms in total. The van der Waals surface area contributed by atoms with E-state index in [-0.39, 0.29) is 57.5 Å². The Kier molecular flexibility index (Phi) is 22.6. The van der Waals surface area contributed by atoms with Gasteiger partial charge in [0.05, 0.1) is 16.2 Å². The van der Waals surface area contributed by atoms with Crippen molar-refractivity contribution in [1.29, 1.82) is 0 Å². The third kappa shape index (κ3) is 18.9. The minimum atomic E-state index is -4.18. The van der Waals surface area contributed by atoms with Crippen LogP contribution in [0.1, 0.15) is 117 Å². The number of unbranched alkanes of at least 4 members (excludes halogenated alkanes) is 9. The van der Waals surface area contributed by atoms with Crippen molar-refractivity contribution in [2.75, 3.05) is 0 Å². The number of hydrogen-bond donors (Lipinski definition) is 1. The van der Waals surface area contributed by atoms with Gasteiger partial charge < -0.3 is 9.66 Å². The molecule has 0 aliphatic heterocycles. The molecule has 1 N–H and O–H groups in total. The zero-order chi connectivity index (χ0) is 19.0. The Labute approximate surface area is 205 Å². The number of rotatable bonds is 18. The molecule has 0 bridgehead atoms. The average Bonchev–Trinajstić information content (AvgIpc) is 2.55. The Hall–Kier alpha value is 1.51. The maximum atomic E-state index is 11.4. The maximum Gasteiger partial charge on any atom is 1.00 e. The molecule has 0 rings (SSSR count). The Morgan fingerprint density at radius 1 is 0.692 bits per heavy atom. The molecule has 0 spiro atoms. The summed E-state index contributed by atoms with van der Waals surface area (Å²) in [5.74, 6) is 0. The van der Waals surface area contributed by atoms with Crippen LogP contribution in [0.5, 0.6) is 0 Å². The van der Waals surface area contributed by atoms with E-state index >= 15 is 0 Å². The Morgan fingerprint density at radius 3 is 1.46 bits per heavy atom. The molecule has 0 fully saturated rings. The Balaban J connectivity index is 0. The van der Waals surface area contributed by atoms with Crippen LogP contribution >= 0.6 is 0 Å². The summed E-state index contributed by atoms with van der Waals surface area (Å²) in [5, 5.41) is 9.21. The summed E-state index contributed by atoms with van der Waals surface area (Å²) in [7, 11) is -4.18. The summed E-state index contributed by atoms with van der Waals surface area (Å²) >= 11 is 0. The standard InChI is InChI=1S/C20H42O4S.K/c1-3-5-7-9-13-17-20(25(22,23)24)18-14-10-12-16-19(21)15-11-8-6-4-2;/h19-21H,3-18H2,1-2H3,(H,22,23,24);/q;+1/p-1. The van der Waals surface area contributed by atoms with Crippen LogP contribution in [0, 0.1) is 0 Å². The first-order valence-corrected chi connectivity index (χ1v) is 12.0. The number of aliphatic hydroxyl groups is 1. The van der Waals surface area contributed by atoms with Crippen LogP contribution < -0.4 is 51.4 Å². The van der Waals surface area contributed by atoms with Crippen molar-refractivity contribution >= 4 is 10.1 Å².